The molecule has 84 valence electrons. The number of carbonyl (C=O) groups is 1. The molecule has 0 aliphatic rings. The number of aliphatic carboxylic acids is 1. The van der Waals surface area contributed by atoms with Crippen molar-refractivity contribution < 1.29 is 23.1 Å². The Hall–Kier alpha value is -0.790. The number of carboxylic acids is 1. The highest BCUT2D eigenvalue weighted by Gasteiger charge is 2.29. The second kappa shape index (κ2) is 5.94. The highest BCUT2D eigenvalue weighted by atomic mass is 127. The van der Waals surface area contributed by atoms with Gasteiger partial charge in [-0.05, 0) is 46.9 Å². The van der Waals surface area contributed by atoms with Crippen molar-refractivity contribution >= 4 is 28.6 Å². The topological polar surface area (TPSA) is 37.3 Å². The van der Waals surface area contributed by atoms with E-state index in [1.165, 1.54) is 12.1 Å². The minimum absolute atomic E-state index is 0.599. The summed E-state index contributed by atoms with van der Waals surface area (Å²) in [6.07, 6.45) is -4.22. The van der Waals surface area contributed by atoms with Crippen LogP contribution in [0, 0.1) is 3.57 Å². The van der Waals surface area contributed by atoms with Crippen LogP contribution in [0.2, 0.25) is 0 Å². The first-order chi connectivity index (χ1) is 6.73. The lowest BCUT2D eigenvalue weighted by molar-refractivity contribution is -0.137. The molecule has 1 aromatic rings. The molecule has 1 N–H and O–H groups in total. The van der Waals surface area contributed by atoms with Crippen molar-refractivity contribution in [1.82, 2.24) is 0 Å². The standard InChI is InChI=1S/C7H4F3I.C2H4O2/c8-7(9,10)5-1-3-6(11)4-2-5;1-2(3)4/h1-4H;1H3,(H,3,4). The van der Waals surface area contributed by atoms with Gasteiger partial charge in [0.2, 0.25) is 0 Å². The summed E-state index contributed by atoms with van der Waals surface area (Å²) in [6.45, 7) is 1.08. The van der Waals surface area contributed by atoms with Gasteiger partial charge in [-0.1, -0.05) is 0 Å². The fourth-order valence-corrected chi connectivity index (χ4v) is 0.998. The zero-order valence-corrected chi connectivity index (χ0v) is 9.83. The van der Waals surface area contributed by atoms with Gasteiger partial charge in [0.15, 0.2) is 0 Å². The lowest BCUT2D eigenvalue weighted by Crippen LogP contribution is -2.03. The van der Waals surface area contributed by atoms with Crippen LogP contribution in [-0.4, -0.2) is 11.1 Å². The van der Waals surface area contributed by atoms with Crippen LogP contribution < -0.4 is 0 Å². The zero-order valence-electron chi connectivity index (χ0n) is 7.68. The molecule has 0 aliphatic carbocycles. The van der Waals surface area contributed by atoms with Gasteiger partial charge in [0.1, 0.15) is 0 Å². The van der Waals surface area contributed by atoms with E-state index in [-0.39, 0.29) is 0 Å². The Bertz CT molecular complexity index is 315. The predicted octanol–water partition coefficient (Wildman–Crippen LogP) is 3.40. The summed E-state index contributed by atoms with van der Waals surface area (Å²) in [6, 6.07) is 5.01. The Labute approximate surface area is 98.2 Å². The van der Waals surface area contributed by atoms with E-state index in [1.54, 1.807) is 0 Å². The molecule has 0 bridgehead atoms. The molecule has 0 spiro atoms. The van der Waals surface area contributed by atoms with E-state index in [4.69, 9.17) is 9.90 Å². The molecule has 1 rings (SSSR count). The maximum atomic E-state index is 11.9. The number of rotatable bonds is 0. The van der Waals surface area contributed by atoms with Gasteiger partial charge in [0.25, 0.3) is 5.97 Å². The van der Waals surface area contributed by atoms with Crippen molar-refractivity contribution in [1.29, 1.82) is 0 Å². The van der Waals surface area contributed by atoms with Gasteiger partial charge in [-0.25, -0.2) is 0 Å². The van der Waals surface area contributed by atoms with E-state index < -0.39 is 17.7 Å². The molecule has 0 unspecified atom stereocenters. The highest BCUT2D eigenvalue weighted by Crippen LogP contribution is 2.29. The summed E-state index contributed by atoms with van der Waals surface area (Å²) in [5.41, 5.74) is -0.599. The van der Waals surface area contributed by atoms with Crippen LogP contribution in [-0.2, 0) is 11.0 Å². The summed E-state index contributed by atoms with van der Waals surface area (Å²) >= 11 is 1.96. The smallest absolute Gasteiger partial charge is 0.416 e. The Morgan fingerprint density at radius 1 is 1.27 bits per heavy atom. The lowest BCUT2D eigenvalue weighted by Gasteiger charge is -2.04. The number of halogens is 4. The molecular weight excluding hydrogens is 324 g/mol. The van der Waals surface area contributed by atoms with Crippen LogP contribution in [0.3, 0.4) is 0 Å². The number of carboxylic acid groups (broad SMARTS) is 1. The van der Waals surface area contributed by atoms with Crippen molar-refractivity contribution in [3.63, 3.8) is 0 Å². The van der Waals surface area contributed by atoms with Gasteiger partial charge in [-0.3, -0.25) is 4.79 Å². The molecule has 0 saturated carbocycles. The number of hydrogen-bond acceptors (Lipinski definition) is 1. The van der Waals surface area contributed by atoms with Crippen molar-refractivity contribution in [2.24, 2.45) is 0 Å². The minimum Gasteiger partial charge on any atom is -0.481 e. The molecule has 0 aliphatic heterocycles. The minimum atomic E-state index is -4.22. The summed E-state index contributed by atoms with van der Waals surface area (Å²) in [5.74, 6) is -0.833. The molecule has 0 amide bonds. The van der Waals surface area contributed by atoms with Gasteiger partial charge in [-0.2, -0.15) is 13.2 Å². The van der Waals surface area contributed by atoms with Crippen molar-refractivity contribution in [3.8, 4) is 0 Å². The summed E-state index contributed by atoms with van der Waals surface area (Å²) in [5, 5.41) is 7.42. The van der Waals surface area contributed by atoms with E-state index >= 15 is 0 Å². The summed E-state index contributed by atoms with van der Waals surface area (Å²) < 4.78 is 36.6. The fraction of sp³-hybridized carbons (Fsp3) is 0.222. The summed E-state index contributed by atoms with van der Waals surface area (Å²) in [4.78, 5) is 9.00. The van der Waals surface area contributed by atoms with E-state index in [1.807, 2.05) is 22.6 Å². The average Bonchev–Trinajstić information content (AvgIpc) is 2.01. The maximum Gasteiger partial charge on any atom is 0.416 e. The first-order valence-electron chi connectivity index (χ1n) is 3.76. The van der Waals surface area contributed by atoms with Crippen LogP contribution in [0.25, 0.3) is 0 Å². The fourth-order valence-electron chi connectivity index (χ4n) is 0.639. The SMILES string of the molecule is CC(=O)O.FC(F)(F)c1ccc(I)cc1. The van der Waals surface area contributed by atoms with E-state index in [0.717, 1.165) is 22.6 Å². The van der Waals surface area contributed by atoms with Crippen LogP contribution in [0.5, 0.6) is 0 Å². The number of alkyl halides is 3. The van der Waals surface area contributed by atoms with Gasteiger partial charge in [0.05, 0.1) is 5.56 Å². The maximum absolute atomic E-state index is 11.9. The monoisotopic (exact) mass is 332 g/mol. The third-order valence-corrected chi connectivity index (χ3v) is 1.89. The van der Waals surface area contributed by atoms with Crippen LogP contribution in [0.15, 0.2) is 24.3 Å². The Kier molecular flexibility index (Phi) is 5.63. The van der Waals surface area contributed by atoms with E-state index in [2.05, 4.69) is 0 Å². The van der Waals surface area contributed by atoms with Crippen molar-refractivity contribution in [2.45, 2.75) is 13.1 Å². The van der Waals surface area contributed by atoms with Gasteiger partial charge >= 0.3 is 6.18 Å². The molecule has 15 heavy (non-hydrogen) atoms. The molecule has 1 aromatic carbocycles. The van der Waals surface area contributed by atoms with Crippen LogP contribution in [0.1, 0.15) is 12.5 Å². The van der Waals surface area contributed by atoms with Gasteiger partial charge in [0, 0.05) is 10.5 Å². The van der Waals surface area contributed by atoms with Crippen molar-refractivity contribution in [2.75, 3.05) is 0 Å². The number of benzene rings is 1. The predicted molar refractivity (Wildman–Crippen MR) is 57.5 cm³/mol. The van der Waals surface area contributed by atoms with E-state index in [0.29, 0.717) is 0 Å². The van der Waals surface area contributed by atoms with Crippen LogP contribution in [0.4, 0.5) is 13.2 Å². The first kappa shape index (κ1) is 14.2. The molecular formula is C9H8F3IO2. The molecule has 0 heterocycles. The molecule has 0 saturated heterocycles. The normalized spacial score (nSPS) is 10.2. The summed E-state index contributed by atoms with van der Waals surface area (Å²) in [7, 11) is 0. The quantitative estimate of drug-likeness (QED) is 0.740. The second-order valence-corrected chi connectivity index (χ2v) is 3.77. The zero-order chi connectivity index (χ0) is 12.1. The molecule has 0 aromatic heterocycles. The lowest BCUT2D eigenvalue weighted by atomic mass is 10.2. The second-order valence-electron chi connectivity index (χ2n) is 2.52. The third kappa shape index (κ3) is 7.18. The van der Waals surface area contributed by atoms with E-state index in [9.17, 15) is 13.2 Å². The van der Waals surface area contributed by atoms with Crippen LogP contribution >= 0.6 is 22.6 Å². The molecule has 0 radical (unpaired) electrons. The Morgan fingerprint density at radius 2 is 1.60 bits per heavy atom. The van der Waals surface area contributed by atoms with Gasteiger partial charge in [-0.15, -0.1) is 0 Å². The average molecular weight is 332 g/mol. The third-order valence-electron chi connectivity index (χ3n) is 1.17. The van der Waals surface area contributed by atoms with Gasteiger partial charge < -0.3 is 5.11 Å². The largest absolute Gasteiger partial charge is 0.481 e. The molecule has 0 atom stereocenters. The Balaban J connectivity index is 0.000000423. The number of hydrogen-bond donors (Lipinski definition) is 1. The molecule has 6 heteroatoms. The first-order valence-corrected chi connectivity index (χ1v) is 4.83. The molecule has 2 nitrogen and oxygen atoms in total. The van der Waals surface area contributed by atoms with Crippen molar-refractivity contribution in [3.05, 3.63) is 33.4 Å². The molecule has 0 fully saturated rings. The highest BCUT2D eigenvalue weighted by molar-refractivity contribution is 14.1. The Morgan fingerprint density at radius 3 is 1.87 bits per heavy atom.